The van der Waals surface area contributed by atoms with Crippen LogP contribution in [0.4, 0.5) is 0 Å². The van der Waals surface area contributed by atoms with Crippen LogP contribution in [-0.2, 0) is 4.79 Å². The van der Waals surface area contributed by atoms with Crippen LogP contribution < -0.4 is 5.32 Å². The topological polar surface area (TPSA) is 92.2 Å². The van der Waals surface area contributed by atoms with E-state index in [2.05, 4.69) is 15.3 Å². The summed E-state index contributed by atoms with van der Waals surface area (Å²) in [5, 5.41) is 11.3. The van der Waals surface area contributed by atoms with Crippen molar-refractivity contribution in [2.45, 2.75) is 33.2 Å². The molecule has 0 aliphatic heterocycles. The van der Waals surface area contributed by atoms with Gasteiger partial charge < -0.3 is 10.4 Å². The number of hydrogen-bond acceptors (Lipinski definition) is 4. The van der Waals surface area contributed by atoms with E-state index in [0.717, 1.165) is 0 Å². The summed E-state index contributed by atoms with van der Waals surface area (Å²) in [6.45, 7) is 6.24. The number of carboxylic acid groups (broad SMARTS) is 1. The minimum absolute atomic E-state index is 0.171. The van der Waals surface area contributed by atoms with Crippen molar-refractivity contribution in [1.29, 1.82) is 0 Å². The van der Waals surface area contributed by atoms with Crippen molar-refractivity contribution in [3.8, 4) is 0 Å². The zero-order valence-corrected chi connectivity index (χ0v) is 10.2. The number of aromatic nitrogens is 2. The number of aliphatic carboxylic acids is 1. The van der Waals surface area contributed by atoms with E-state index in [9.17, 15) is 9.59 Å². The molecule has 6 nitrogen and oxygen atoms in total. The molecule has 1 amide bonds. The average Bonchev–Trinajstić information content (AvgIpc) is 2.15. The molecule has 0 unspecified atom stereocenters. The molecule has 1 aromatic heterocycles. The van der Waals surface area contributed by atoms with Gasteiger partial charge in [-0.3, -0.25) is 4.79 Å². The van der Waals surface area contributed by atoms with Crippen molar-refractivity contribution in [3.63, 3.8) is 0 Å². The lowest BCUT2D eigenvalue weighted by Gasteiger charge is -2.20. The van der Waals surface area contributed by atoms with Crippen molar-refractivity contribution in [2.24, 2.45) is 0 Å². The summed E-state index contributed by atoms with van der Waals surface area (Å²) in [6, 6.07) is 1.51. The molecule has 1 heterocycles. The number of nitrogens with zero attached hydrogens (tertiary/aromatic N) is 2. The number of nitrogens with one attached hydrogen (secondary N) is 1. The molecule has 0 aliphatic rings. The summed E-state index contributed by atoms with van der Waals surface area (Å²) >= 11 is 0. The summed E-state index contributed by atoms with van der Waals surface area (Å²) in [7, 11) is 0. The van der Waals surface area contributed by atoms with Crippen LogP contribution in [0.2, 0.25) is 0 Å². The highest BCUT2D eigenvalue weighted by atomic mass is 16.4. The van der Waals surface area contributed by atoms with Gasteiger partial charge in [0.15, 0.2) is 0 Å². The number of amides is 1. The monoisotopic (exact) mass is 237 g/mol. The first kappa shape index (κ1) is 13.1. The van der Waals surface area contributed by atoms with Crippen LogP contribution in [0.25, 0.3) is 0 Å². The maximum atomic E-state index is 11.8. The third-order valence-electron chi connectivity index (χ3n) is 2.16. The quantitative estimate of drug-likeness (QED) is 0.806. The molecule has 6 heteroatoms. The third kappa shape index (κ3) is 3.24. The van der Waals surface area contributed by atoms with Crippen molar-refractivity contribution >= 4 is 11.9 Å². The zero-order valence-electron chi connectivity index (χ0n) is 10.2. The van der Waals surface area contributed by atoms with Crippen molar-refractivity contribution in [2.75, 3.05) is 0 Å². The number of rotatable bonds is 3. The summed E-state index contributed by atoms with van der Waals surface area (Å²) in [5.74, 6) is -1.15. The number of carboxylic acids is 1. The molecule has 0 saturated carbocycles. The highest BCUT2D eigenvalue weighted by Gasteiger charge is 2.29. The van der Waals surface area contributed by atoms with E-state index in [-0.39, 0.29) is 5.69 Å². The predicted octanol–water partition coefficient (Wildman–Crippen LogP) is 0.686. The molecular weight excluding hydrogens is 222 g/mol. The van der Waals surface area contributed by atoms with Crippen LogP contribution in [0.5, 0.6) is 0 Å². The Balaban J connectivity index is 2.94. The highest BCUT2D eigenvalue weighted by Crippen LogP contribution is 2.06. The van der Waals surface area contributed by atoms with Crippen LogP contribution in [0.1, 0.15) is 35.9 Å². The molecule has 92 valence electrons. The maximum absolute atomic E-state index is 11.8. The normalized spacial score (nSPS) is 11.1. The summed E-state index contributed by atoms with van der Waals surface area (Å²) in [6.07, 6.45) is 0. The Morgan fingerprint density at radius 1 is 1.29 bits per heavy atom. The molecule has 0 radical (unpaired) electrons. The molecule has 2 N–H and O–H groups in total. The van der Waals surface area contributed by atoms with Crippen LogP contribution in [-0.4, -0.2) is 32.5 Å². The second kappa shape index (κ2) is 4.48. The summed E-state index contributed by atoms with van der Waals surface area (Å²) < 4.78 is 0. The number of carbonyl (C=O) groups is 2. The molecule has 0 fully saturated rings. The Morgan fingerprint density at radius 2 is 1.88 bits per heavy atom. The van der Waals surface area contributed by atoms with E-state index in [4.69, 9.17) is 5.11 Å². The lowest BCUT2D eigenvalue weighted by molar-refractivity contribution is -0.143. The van der Waals surface area contributed by atoms with E-state index >= 15 is 0 Å². The van der Waals surface area contributed by atoms with E-state index in [1.165, 1.54) is 19.9 Å². The molecule has 0 spiro atoms. The first-order valence-electron chi connectivity index (χ1n) is 5.10. The fourth-order valence-electron chi connectivity index (χ4n) is 1.23. The molecule has 1 aromatic rings. The Morgan fingerprint density at radius 3 is 2.35 bits per heavy atom. The Hall–Kier alpha value is -1.98. The first-order chi connectivity index (χ1) is 7.72. The standard InChI is InChI=1S/C11H15N3O3/c1-6-5-8(13-7(2)12-6)9(15)14-11(3,4)10(16)17/h5H,1-4H3,(H,14,15)(H,16,17). The molecular formula is C11H15N3O3. The molecule has 0 bridgehead atoms. The fraction of sp³-hybridized carbons (Fsp3) is 0.455. The molecule has 1 rings (SSSR count). The fourth-order valence-corrected chi connectivity index (χ4v) is 1.23. The Bertz CT molecular complexity index is 449. The van der Waals surface area contributed by atoms with Crippen LogP contribution >= 0.6 is 0 Å². The van der Waals surface area contributed by atoms with Gasteiger partial charge in [0.05, 0.1) is 0 Å². The van der Waals surface area contributed by atoms with Gasteiger partial charge in [-0.1, -0.05) is 0 Å². The average molecular weight is 237 g/mol. The maximum Gasteiger partial charge on any atom is 0.328 e. The first-order valence-corrected chi connectivity index (χ1v) is 5.10. The van der Waals surface area contributed by atoms with E-state index in [0.29, 0.717) is 11.5 Å². The van der Waals surface area contributed by atoms with Gasteiger partial charge >= 0.3 is 5.97 Å². The van der Waals surface area contributed by atoms with Gasteiger partial charge in [0.1, 0.15) is 17.1 Å². The second-order valence-electron chi connectivity index (χ2n) is 4.33. The minimum Gasteiger partial charge on any atom is -0.480 e. The van der Waals surface area contributed by atoms with Gasteiger partial charge in [0, 0.05) is 5.69 Å². The van der Waals surface area contributed by atoms with Crippen LogP contribution in [0.15, 0.2) is 6.07 Å². The molecule has 17 heavy (non-hydrogen) atoms. The molecule has 0 aromatic carbocycles. The summed E-state index contributed by atoms with van der Waals surface area (Å²) in [5.41, 5.74) is -0.496. The van der Waals surface area contributed by atoms with Gasteiger partial charge in [0.25, 0.3) is 5.91 Å². The van der Waals surface area contributed by atoms with E-state index < -0.39 is 17.4 Å². The van der Waals surface area contributed by atoms with Crippen molar-refractivity contribution in [3.05, 3.63) is 23.3 Å². The predicted molar refractivity (Wildman–Crippen MR) is 60.7 cm³/mol. The van der Waals surface area contributed by atoms with Crippen molar-refractivity contribution < 1.29 is 14.7 Å². The highest BCUT2D eigenvalue weighted by molar-refractivity contribution is 5.96. The minimum atomic E-state index is -1.33. The Kier molecular flexibility index (Phi) is 3.45. The smallest absolute Gasteiger partial charge is 0.328 e. The second-order valence-corrected chi connectivity index (χ2v) is 4.33. The largest absolute Gasteiger partial charge is 0.480 e. The van der Waals surface area contributed by atoms with E-state index in [1.807, 2.05) is 0 Å². The lowest BCUT2D eigenvalue weighted by Crippen LogP contribution is -2.49. The molecule has 0 saturated heterocycles. The SMILES string of the molecule is Cc1cc(C(=O)NC(C)(C)C(=O)O)nc(C)n1. The number of hydrogen-bond donors (Lipinski definition) is 2. The van der Waals surface area contributed by atoms with Gasteiger partial charge in [-0.2, -0.15) is 0 Å². The number of carbonyl (C=O) groups excluding carboxylic acids is 1. The van der Waals surface area contributed by atoms with E-state index in [1.54, 1.807) is 13.8 Å². The van der Waals surface area contributed by atoms with Gasteiger partial charge in [-0.15, -0.1) is 0 Å². The molecule has 0 aliphatic carbocycles. The zero-order chi connectivity index (χ0) is 13.2. The van der Waals surface area contributed by atoms with Gasteiger partial charge in [0.2, 0.25) is 0 Å². The van der Waals surface area contributed by atoms with Crippen LogP contribution in [0, 0.1) is 13.8 Å². The number of aryl methyl sites for hydroxylation is 2. The Labute approximate surface area is 99.1 Å². The summed E-state index contributed by atoms with van der Waals surface area (Å²) in [4.78, 5) is 30.7. The third-order valence-corrected chi connectivity index (χ3v) is 2.16. The van der Waals surface area contributed by atoms with Crippen molar-refractivity contribution in [1.82, 2.24) is 15.3 Å². The lowest BCUT2D eigenvalue weighted by atomic mass is 10.1. The van der Waals surface area contributed by atoms with Gasteiger partial charge in [-0.25, -0.2) is 14.8 Å². The molecule has 0 atom stereocenters. The van der Waals surface area contributed by atoms with Gasteiger partial charge in [-0.05, 0) is 33.8 Å². The van der Waals surface area contributed by atoms with Crippen LogP contribution in [0.3, 0.4) is 0 Å².